The van der Waals surface area contributed by atoms with Crippen molar-refractivity contribution in [2.45, 2.75) is 38.6 Å². The maximum Gasteiger partial charge on any atom is 0.319 e. The van der Waals surface area contributed by atoms with Crippen LogP contribution in [0.15, 0.2) is 53.7 Å². The Bertz CT molecular complexity index is 827. The summed E-state index contributed by atoms with van der Waals surface area (Å²) in [6.45, 7) is 6.40. The first-order chi connectivity index (χ1) is 12.2. The van der Waals surface area contributed by atoms with Crippen LogP contribution in [0.5, 0.6) is 0 Å². The molecule has 2 N–H and O–H groups in total. The third-order valence-electron chi connectivity index (χ3n) is 3.77. The average Bonchev–Trinajstić information content (AvgIpc) is 2.59. The summed E-state index contributed by atoms with van der Waals surface area (Å²) in [6.07, 6.45) is 3.93. The van der Waals surface area contributed by atoms with E-state index in [1.54, 1.807) is 30.6 Å². The van der Waals surface area contributed by atoms with E-state index < -0.39 is 9.84 Å². The first-order valence-electron chi connectivity index (χ1n) is 8.42. The molecule has 2 aromatic rings. The predicted octanol–water partition coefficient (Wildman–Crippen LogP) is 3.61. The number of rotatable bonds is 6. The molecule has 1 aromatic heterocycles. The molecule has 140 valence electrons. The van der Waals surface area contributed by atoms with Gasteiger partial charge in [-0.1, -0.05) is 26.8 Å². The topological polar surface area (TPSA) is 88.2 Å². The molecule has 0 radical (unpaired) electrons. The summed E-state index contributed by atoms with van der Waals surface area (Å²) in [4.78, 5) is 16.2. The number of carbonyl (C=O) groups excluding carboxylic acids is 1. The number of anilines is 1. The van der Waals surface area contributed by atoms with Gasteiger partial charge in [-0.3, -0.25) is 4.98 Å². The maximum absolute atomic E-state index is 12.4. The molecule has 0 unspecified atom stereocenters. The van der Waals surface area contributed by atoms with Crippen molar-refractivity contribution in [3.63, 3.8) is 0 Å². The van der Waals surface area contributed by atoms with Crippen LogP contribution < -0.4 is 10.6 Å². The minimum atomic E-state index is -3.32. The Morgan fingerprint density at radius 2 is 1.81 bits per heavy atom. The Labute approximate surface area is 155 Å². The molecule has 2 rings (SSSR count). The van der Waals surface area contributed by atoms with E-state index in [2.05, 4.69) is 15.6 Å². The Morgan fingerprint density at radius 3 is 2.38 bits per heavy atom. The van der Waals surface area contributed by atoms with Gasteiger partial charge in [-0.2, -0.15) is 0 Å². The van der Waals surface area contributed by atoms with Crippen molar-refractivity contribution in [2.75, 3.05) is 11.1 Å². The van der Waals surface area contributed by atoms with Gasteiger partial charge in [-0.25, -0.2) is 13.2 Å². The molecular weight excluding hydrogens is 350 g/mol. The third-order valence-corrected chi connectivity index (χ3v) is 5.50. The number of nitrogens with one attached hydrogen (secondary N) is 2. The highest BCUT2D eigenvalue weighted by Crippen LogP contribution is 2.23. The summed E-state index contributed by atoms with van der Waals surface area (Å²) >= 11 is 0. The summed E-state index contributed by atoms with van der Waals surface area (Å²) in [6, 6.07) is 9.53. The molecule has 0 saturated carbocycles. The fourth-order valence-electron chi connectivity index (χ4n) is 2.16. The Kier molecular flexibility index (Phi) is 6.37. The predicted molar refractivity (Wildman–Crippen MR) is 103 cm³/mol. The van der Waals surface area contributed by atoms with E-state index in [9.17, 15) is 13.2 Å². The van der Waals surface area contributed by atoms with Gasteiger partial charge in [0.1, 0.15) is 0 Å². The SMILES string of the molecule is CC(C)(C)CCS(=O)(=O)c1ccc(NC(=O)NCc2cccnc2)cc1. The standard InChI is InChI=1S/C19H25N3O3S/c1-19(2,3)10-12-26(24,25)17-8-6-16(7-9-17)22-18(23)21-14-15-5-4-11-20-13-15/h4-9,11,13H,10,12,14H2,1-3H3,(H2,21,22,23). The Morgan fingerprint density at radius 1 is 1.12 bits per heavy atom. The minimum Gasteiger partial charge on any atom is -0.334 e. The highest BCUT2D eigenvalue weighted by molar-refractivity contribution is 7.91. The molecule has 0 bridgehead atoms. The molecule has 0 atom stereocenters. The van der Waals surface area contributed by atoms with Gasteiger partial charge in [-0.05, 0) is 47.7 Å². The highest BCUT2D eigenvalue weighted by atomic mass is 32.2. The quantitative estimate of drug-likeness (QED) is 0.807. The third kappa shape index (κ3) is 6.48. The molecule has 0 aliphatic heterocycles. The molecule has 2 amide bonds. The van der Waals surface area contributed by atoms with Crippen molar-refractivity contribution < 1.29 is 13.2 Å². The molecule has 0 fully saturated rings. The van der Waals surface area contributed by atoms with Gasteiger partial charge in [-0.15, -0.1) is 0 Å². The summed E-state index contributed by atoms with van der Waals surface area (Å²) in [5, 5.41) is 5.40. The normalized spacial score (nSPS) is 11.8. The summed E-state index contributed by atoms with van der Waals surface area (Å²) < 4.78 is 24.7. The molecule has 7 heteroatoms. The van der Waals surface area contributed by atoms with Crippen LogP contribution in [0.4, 0.5) is 10.5 Å². The van der Waals surface area contributed by atoms with Gasteiger partial charge >= 0.3 is 6.03 Å². The van der Waals surface area contributed by atoms with Gasteiger partial charge in [0.15, 0.2) is 9.84 Å². The van der Waals surface area contributed by atoms with E-state index in [1.807, 2.05) is 26.8 Å². The van der Waals surface area contributed by atoms with Crippen molar-refractivity contribution in [3.8, 4) is 0 Å². The van der Waals surface area contributed by atoms with Crippen LogP contribution in [0.3, 0.4) is 0 Å². The lowest BCUT2D eigenvalue weighted by Gasteiger charge is -2.17. The fraction of sp³-hybridized carbons (Fsp3) is 0.368. The van der Waals surface area contributed by atoms with Crippen LogP contribution in [0.1, 0.15) is 32.8 Å². The molecule has 26 heavy (non-hydrogen) atoms. The van der Waals surface area contributed by atoms with Gasteiger partial charge in [0.05, 0.1) is 10.6 Å². The number of amides is 2. The van der Waals surface area contributed by atoms with Crippen molar-refractivity contribution in [2.24, 2.45) is 5.41 Å². The second-order valence-electron chi connectivity index (χ2n) is 7.32. The molecule has 0 aliphatic rings. The number of urea groups is 1. The van der Waals surface area contributed by atoms with E-state index >= 15 is 0 Å². The van der Waals surface area contributed by atoms with Crippen LogP contribution in [-0.2, 0) is 16.4 Å². The second-order valence-corrected chi connectivity index (χ2v) is 9.43. The summed E-state index contributed by atoms with van der Waals surface area (Å²) in [7, 11) is -3.32. The number of hydrogen-bond donors (Lipinski definition) is 2. The zero-order valence-corrected chi connectivity index (χ0v) is 16.1. The zero-order chi connectivity index (χ0) is 19.2. The summed E-state index contributed by atoms with van der Waals surface area (Å²) in [5.41, 5.74) is 1.38. The van der Waals surface area contributed by atoms with Gasteiger partial charge in [0.2, 0.25) is 0 Å². The fourth-order valence-corrected chi connectivity index (χ4v) is 3.83. The van der Waals surface area contributed by atoms with Crippen LogP contribution >= 0.6 is 0 Å². The largest absolute Gasteiger partial charge is 0.334 e. The van der Waals surface area contributed by atoms with Crippen LogP contribution in [-0.4, -0.2) is 25.2 Å². The number of carbonyl (C=O) groups is 1. The number of benzene rings is 1. The Balaban J connectivity index is 1.91. The average molecular weight is 375 g/mol. The van der Waals surface area contributed by atoms with E-state index in [-0.39, 0.29) is 22.1 Å². The lowest BCUT2D eigenvalue weighted by atomic mass is 9.94. The first kappa shape index (κ1) is 19.9. The van der Waals surface area contributed by atoms with Gasteiger partial charge in [0.25, 0.3) is 0 Å². The number of aromatic nitrogens is 1. The van der Waals surface area contributed by atoms with Crippen molar-refractivity contribution >= 4 is 21.6 Å². The minimum absolute atomic E-state index is 0.0407. The second kappa shape index (κ2) is 8.31. The molecule has 0 saturated heterocycles. The van der Waals surface area contributed by atoms with E-state index in [0.29, 0.717) is 18.7 Å². The lowest BCUT2D eigenvalue weighted by molar-refractivity contribution is 0.251. The molecule has 1 heterocycles. The summed E-state index contributed by atoms with van der Waals surface area (Å²) in [5.74, 6) is 0.106. The first-order valence-corrected chi connectivity index (χ1v) is 10.1. The van der Waals surface area contributed by atoms with Crippen molar-refractivity contribution in [3.05, 3.63) is 54.4 Å². The molecular formula is C19H25N3O3S. The number of pyridine rings is 1. The molecule has 6 nitrogen and oxygen atoms in total. The molecule has 0 aliphatic carbocycles. The Hall–Kier alpha value is -2.41. The van der Waals surface area contributed by atoms with Gasteiger partial charge in [0, 0.05) is 24.6 Å². The van der Waals surface area contributed by atoms with E-state index in [4.69, 9.17) is 0 Å². The monoisotopic (exact) mass is 375 g/mol. The van der Waals surface area contributed by atoms with E-state index in [0.717, 1.165) is 5.56 Å². The van der Waals surface area contributed by atoms with E-state index in [1.165, 1.54) is 12.1 Å². The lowest BCUT2D eigenvalue weighted by Crippen LogP contribution is -2.28. The van der Waals surface area contributed by atoms with Gasteiger partial charge < -0.3 is 10.6 Å². The number of hydrogen-bond acceptors (Lipinski definition) is 4. The van der Waals surface area contributed by atoms with Crippen LogP contribution in [0.2, 0.25) is 0 Å². The zero-order valence-electron chi connectivity index (χ0n) is 15.3. The molecule has 1 aromatic carbocycles. The van der Waals surface area contributed by atoms with Crippen molar-refractivity contribution in [1.82, 2.24) is 10.3 Å². The maximum atomic E-state index is 12.4. The highest BCUT2D eigenvalue weighted by Gasteiger charge is 2.19. The van der Waals surface area contributed by atoms with Crippen LogP contribution in [0, 0.1) is 5.41 Å². The smallest absolute Gasteiger partial charge is 0.319 e. The number of sulfone groups is 1. The van der Waals surface area contributed by atoms with Crippen molar-refractivity contribution in [1.29, 1.82) is 0 Å². The number of nitrogens with zero attached hydrogens (tertiary/aromatic N) is 1. The molecule has 0 spiro atoms. The van der Waals surface area contributed by atoms with Crippen LogP contribution in [0.25, 0.3) is 0 Å².